The van der Waals surface area contributed by atoms with Crippen molar-refractivity contribution in [2.24, 2.45) is 5.73 Å². The van der Waals surface area contributed by atoms with Crippen molar-refractivity contribution >= 4 is 17.8 Å². The van der Waals surface area contributed by atoms with Crippen LogP contribution in [0.3, 0.4) is 0 Å². The Kier molecular flexibility index (Phi) is 20.9. The molecule has 0 saturated heterocycles. The van der Waals surface area contributed by atoms with E-state index in [1.165, 1.54) is 0 Å². The summed E-state index contributed by atoms with van der Waals surface area (Å²) in [5.41, 5.74) is 5.31. The third kappa shape index (κ3) is 17.5. The smallest absolute Gasteiger partial charge is 0.326 e. The molecule has 133 valence electrons. The molecule has 2 amide bonds. The molecule has 0 aromatic heterocycles. The van der Waals surface area contributed by atoms with Crippen molar-refractivity contribution in [3.63, 3.8) is 0 Å². The number of amides is 2. The number of hydrogen-bond donors (Lipinski definition) is 4. The Morgan fingerprint density at radius 2 is 1.83 bits per heavy atom. The van der Waals surface area contributed by atoms with Crippen LogP contribution in [0.25, 0.3) is 0 Å². The van der Waals surface area contributed by atoms with Gasteiger partial charge in [0.1, 0.15) is 6.04 Å². The second kappa shape index (κ2) is 17.7. The van der Waals surface area contributed by atoms with Crippen LogP contribution in [0.1, 0.15) is 25.7 Å². The number of aliphatic carboxylic acids is 1. The molecule has 0 fully saturated rings. The van der Waals surface area contributed by atoms with Crippen LogP contribution in [0.5, 0.6) is 0 Å². The second-order valence-electron chi connectivity index (χ2n) is 4.46. The van der Waals surface area contributed by atoms with Crippen molar-refractivity contribution in [2.45, 2.75) is 31.7 Å². The van der Waals surface area contributed by atoms with Gasteiger partial charge >= 0.3 is 5.97 Å². The van der Waals surface area contributed by atoms with E-state index in [-0.39, 0.29) is 58.9 Å². The Morgan fingerprint density at radius 1 is 1.22 bits per heavy atom. The molecule has 0 saturated carbocycles. The minimum Gasteiger partial charge on any atom is -0.480 e. The van der Waals surface area contributed by atoms with Crippen LogP contribution in [-0.4, -0.2) is 55.2 Å². The van der Waals surface area contributed by atoms with E-state index >= 15 is 0 Å². The summed E-state index contributed by atoms with van der Waals surface area (Å²) in [5.74, 6) is -2.13. The zero-order valence-corrected chi connectivity index (χ0v) is 16.5. The maximum absolute atomic E-state index is 11.5. The molecule has 0 rings (SSSR count). The van der Waals surface area contributed by atoms with E-state index in [0.717, 1.165) is 6.42 Å². The van der Waals surface area contributed by atoms with Crippen LogP contribution in [-0.2, 0) is 51.8 Å². The van der Waals surface area contributed by atoms with Crippen molar-refractivity contribution < 1.29 is 56.9 Å². The summed E-state index contributed by atoms with van der Waals surface area (Å²) in [5, 5.41) is 13.7. The molecule has 0 spiro atoms. The van der Waals surface area contributed by atoms with Gasteiger partial charge in [-0.15, -0.1) is 0 Å². The minimum absolute atomic E-state index is 0. The number of nitrogens with two attached hydrogens (primary N) is 1. The molecule has 1 atom stereocenters. The molecule has 1 radical (unpaired) electrons. The van der Waals surface area contributed by atoms with Gasteiger partial charge in [0, 0.05) is 58.9 Å². The zero-order valence-electron chi connectivity index (χ0n) is 13.7. The number of nitrogens with one attached hydrogen (secondary N) is 2. The molecular formula is C14H27N3O5Y-2. The Morgan fingerprint density at radius 3 is 2.35 bits per heavy atom. The molecule has 0 bridgehead atoms. The van der Waals surface area contributed by atoms with Crippen molar-refractivity contribution in [1.29, 1.82) is 0 Å². The van der Waals surface area contributed by atoms with Crippen LogP contribution < -0.4 is 16.4 Å². The van der Waals surface area contributed by atoms with Crippen LogP contribution in [0.15, 0.2) is 0 Å². The number of rotatable bonds is 12. The van der Waals surface area contributed by atoms with Gasteiger partial charge in [-0.2, -0.15) is 0 Å². The summed E-state index contributed by atoms with van der Waals surface area (Å²) >= 11 is 0. The Hall–Kier alpha value is -0.696. The topological polar surface area (TPSA) is 131 Å². The number of carbonyl (C=O) groups excluding carboxylic acids is 2. The van der Waals surface area contributed by atoms with Gasteiger partial charge in [0.05, 0.1) is 5.91 Å². The van der Waals surface area contributed by atoms with E-state index in [1.807, 2.05) is 0 Å². The van der Waals surface area contributed by atoms with Crippen molar-refractivity contribution in [2.75, 3.05) is 26.3 Å². The van der Waals surface area contributed by atoms with Crippen molar-refractivity contribution in [3.8, 4) is 0 Å². The predicted octanol–water partition coefficient (Wildman–Crippen LogP) is -0.510. The average Bonchev–Trinajstić information content (AvgIpc) is 2.41. The van der Waals surface area contributed by atoms with Gasteiger partial charge in [0.15, 0.2) is 0 Å². The molecule has 0 aliphatic rings. The standard InChI is InChI=1S/C13H24N3O5.CH3.Y/c1-10(17)16-11(13(19)20)4-5-12(18)15-7-3-9-21-8-2-6-14;;/h11H,1-9,14H2,(H,15,18)(H,16,17)(H,19,20);1H3;/q2*-1;. The first kappa shape index (κ1) is 27.2. The molecular weight excluding hydrogens is 379 g/mol. The first-order valence-electron chi connectivity index (χ1n) is 6.87. The van der Waals surface area contributed by atoms with E-state index in [0.29, 0.717) is 32.7 Å². The number of carbonyl (C=O) groups is 3. The predicted molar refractivity (Wildman–Crippen MR) is 82.7 cm³/mol. The number of carboxylic acid groups (broad SMARTS) is 1. The van der Waals surface area contributed by atoms with Gasteiger partial charge in [-0.1, -0.05) is 0 Å². The van der Waals surface area contributed by atoms with Crippen LogP contribution in [0, 0.1) is 14.4 Å². The molecule has 8 nitrogen and oxygen atoms in total. The van der Waals surface area contributed by atoms with Gasteiger partial charge in [-0.25, -0.2) is 4.79 Å². The minimum atomic E-state index is -1.19. The molecule has 1 unspecified atom stereocenters. The second-order valence-corrected chi connectivity index (χ2v) is 4.46. The first-order chi connectivity index (χ1) is 9.97. The summed E-state index contributed by atoms with van der Waals surface area (Å²) in [7, 11) is 0. The van der Waals surface area contributed by atoms with Gasteiger partial charge in [-0.3, -0.25) is 4.79 Å². The average molecular weight is 406 g/mol. The molecule has 5 N–H and O–H groups in total. The maximum Gasteiger partial charge on any atom is 0.326 e. The first-order valence-corrected chi connectivity index (χ1v) is 6.87. The van der Waals surface area contributed by atoms with E-state index < -0.39 is 17.9 Å². The normalized spacial score (nSPS) is 10.7. The Bertz CT molecular complexity index is 342. The Labute approximate surface area is 163 Å². The summed E-state index contributed by atoms with van der Waals surface area (Å²) in [6.07, 6.45) is 1.52. The fourth-order valence-corrected chi connectivity index (χ4v) is 1.51. The number of ether oxygens (including phenoxy) is 1. The van der Waals surface area contributed by atoms with Crippen LogP contribution in [0.4, 0.5) is 0 Å². The van der Waals surface area contributed by atoms with Gasteiger partial charge < -0.3 is 45.4 Å². The van der Waals surface area contributed by atoms with E-state index in [1.54, 1.807) is 0 Å². The van der Waals surface area contributed by atoms with E-state index in [2.05, 4.69) is 17.6 Å². The van der Waals surface area contributed by atoms with Crippen molar-refractivity contribution in [1.82, 2.24) is 10.6 Å². The van der Waals surface area contributed by atoms with Crippen LogP contribution in [0.2, 0.25) is 0 Å². The molecule has 0 aromatic carbocycles. The molecule has 0 aromatic rings. The Balaban J connectivity index is -0.00000200. The van der Waals surface area contributed by atoms with Gasteiger partial charge in [-0.05, 0) is 25.8 Å². The summed E-state index contributed by atoms with van der Waals surface area (Å²) in [6, 6.07) is -1.10. The number of carboxylic acids is 1. The monoisotopic (exact) mass is 406 g/mol. The van der Waals surface area contributed by atoms with Crippen LogP contribution >= 0.6 is 0 Å². The SMILES string of the molecule is [CH2-]C(=O)NC(CCC(=O)NCCCOCCCN)C(=O)O.[CH3-].[Y]. The van der Waals surface area contributed by atoms with E-state index in [9.17, 15) is 14.4 Å². The van der Waals surface area contributed by atoms with Crippen molar-refractivity contribution in [3.05, 3.63) is 14.4 Å². The van der Waals surface area contributed by atoms with Gasteiger partial charge in [0.2, 0.25) is 5.91 Å². The largest absolute Gasteiger partial charge is 0.480 e. The maximum atomic E-state index is 11.5. The zero-order chi connectivity index (χ0) is 16.1. The third-order valence-electron chi connectivity index (χ3n) is 2.57. The fraction of sp³-hybridized carbons (Fsp3) is 0.643. The molecule has 23 heavy (non-hydrogen) atoms. The molecule has 0 aliphatic heterocycles. The third-order valence-corrected chi connectivity index (χ3v) is 2.57. The molecule has 0 aliphatic carbocycles. The quantitative estimate of drug-likeness (QED) is 0.255. The fourth-order valence-electron chi connectivity index (χ4n) is 1.51. The van der Waals surface area contributed by atoms with E-state index in [4.69, 9.17) is 15.6 Å². The summed E-state index contributed by atoms with van der Waals surface area (Å²) < 4.78 is 5.27. The summed E-state index contributed by atoms with van der Waals surface area (Å²) in [6.45, 7) is 5.24. The molecule has 0 heterocycles. The summed E-state index contributed by atoms with van der Waals surface area (Å²) in [4.78, 5) is 33.0. The number of hydrogen-bond acceptors (Lipinski definition) is 5. The molecule has 9 heteroatoms. The van der Waals surface area contributed by atoms with Gasteiger partial charge in [0.25, 0.3) is 0 Å².